The number of hydrogen-bond acceptors (Lipinski definition) is 5. The van der Waals surface area contributed by atoms with Gasteiger partial charge in [0, 0.05) is 44.1 Å². The Kier molecular flexibility index (Phi) is 4.31. The maximum Gasteiger partial charge on any atom is 0.155 e. The van der Waals surface area contributed by atoms with Crippen molar-refractivity contribution >= 4 is 5.82 Å². The van der Waals surface area contributed by atoms with Crippen molar-refractivity contribution in [2.24, 2.45) is 0 Å². The van der Waals surface area contributed by atoms with Crippen molar-refractivity contribution in [1.82, 2.24) is 15.3 Å². The summed E-state index contributed by atoms with van der Waals surface area (Å²) in [7, 11) is 0. The van der Waals surface area contributed by atoms with Gasteiger partial charge in [0.2, 0.25) is 0 Å². The highest BCUT2D eigenvalue weighted by Gasteiger charge is 2.17. The van der Waals surface area contributed by atoms with Crippen LogP contribution in [0.3, 0.4) is 0 Å². The largest absolute Gasteiger partial charge is 0.494 e. The van der Waals surface area contributed by atoms with Crippen molar-refractivity contribution in [3.05, 3.63) is 36.7 Å². The first-order valence-electron chi connectivity index (χ1n) is 7.38. The van der Waals surface area contributed by atoms with Crippen molar-refractivity contribution in [1.29, 1.82) is 0 Å². The smallest absolute Gasteiger partial charge is 0.155 e. The summed E-state index contributed by atoms with van der Waals surface area (Å²) in [6, 6.07) is 8.05. The molecule has 0 amide bonds. The quantitative estimate of drug-likeness (QED) is 0.930. The fourth-order valence-corrected chi connectivity index (χ4v) is 2.52. The molecule has 1 aromatic carbocycles. The minimum Gasteiger partial charge on any atom is -0.494 e. The Hall–Kier alpha value is -2.14. The minimum absolute atomic E-state index is 0.677. The van der Waals surface area contributed by atoms with Crippen molar-refractivity contribution in [2.75, 3.05) is 37.7 Å². The van der Waals surface area contributed by atoms with E-state index in [1.165, 1.54) is 0 Å². The van der Waals surface area contributed by atoms with Gasteiger partial charge in [-0.25, -0.2) is 4.98 Å². The summed E-state index contributed by atoms with van der Waals surface area (Å²) in [5.41, 5.74) is 2.00. The number of rotatable bonds is 4. The molecule has 0 aliphatic carbocycles. The van der Waals surface area contributed by atoms with Crippen LogP contribution in [0.15, 0.2) is 36.7 Å². The van der Waals surface area contributed by atoms with E-state index in [1.807, 2.05) is 31.2 Å². The molecule has 110 valence electrons. The number of benzene rings is 1. The van der Waals surface area contributed by atoms with E-state index in [0.29, 0.717) is 6.61 Å². The molecule has 0 bridgehead atoms. The van der Waals surface area contributed by atoms with E-state index in [1.54, 1.807) is 12.4 Å². The van der Waals surface area contributed by atoms with Crippen LogP contribution in [0.1, 0.15) is 6.92 Å². The highest BCUT2D eigenvalue weighted by Crippen LogP contribution is 2.28. The lowest BCUT2D eigenvalue weighted by Gasteiger charge is -2.29. The van der Waals surface area contributed by atoms with Gasteiger partial charge in [-0.2, -0.15) is 0 Å². The molecule has 0 atom stereocenters. The van der Waals surface area contributed by atoms with Gasteiger partial charge in [0.05, 0.1) is 6.61 Å². The van der Waals surface area contributed by atoms with Crippen molar-refractivity contribution < 1.29 is 4.74 Å². The van der Waals surface area contributed by atoms with Crippen molar-refractivity contribution in [2.45, 2.75) is 6.92 Å². The van der Waals surface area contributed by atoms with Gasteiger partial charge in [-0.15, -0.1) is 0 Å². The molecule has 0 saturated carbocycles. The Labute approximate surface area is 125 Å². The molecule has 0 spiro atoms. The third-order valence-electron chi connectivity index (χ3n) is 3.53. The summed E-state index contributed by atoms with van der Waals surface area (Å²) in [6.45, 7) is 6.56. The van der Waals surface area contributed by atoms with Gasteiger partial charge in [-0.05, 0) is 31.2 Å². The summed E-state index contributed by atoms with van der Waals surface area (Å²) < 4.78 is 5.49. The Balaban J connectivity index is 1.90. The number of nitrogens with zero attached hydrogens (tertiary/aromatic N) is 3. The van der Waals surface area contributed by atoms with E-state index in [4.69, 9.17) is 4.74 Å². The van der Waals surface area contributed by atoms with Crippen LogP contribution in [0, 0.1) is 0 Å². The molecule has 3 rings (SSSR count). The molecule has 21 heavy (non-hydrogen) atoms. The van der Waals surface area contributed by atoms with Crippen LogP contribution in [0.25, 0.3) is 11.3 Å². The first kappa shape index (κ1) is 13.8. The number of piperazine rings is 1. The predicted octanol–water partition coefficient (Wildman–Crippen LogP) is 1.95. The molecule has 1 aliphatic rings. The second-order valence-electron chi connectivity index (χ2n) is 4.92. The standard InChI is InChI=1S/C16H20N4O/c1-2-21-14-5-3-13(4-6-14)15-16(19-8-7-18-15)20-11-9-17-10-12-20/h3-8,17H,2,9-12H2,1H3. The summed E-state index contributed by atoms with van der Waals surface area (Å²) in [4.78, 5) is 11.4. The first-order chi connectivity index (χ1) is 10.4. The zero-order valence-corrected chi connectivity index (χ0v) is 12.2. The van der Waals surface area contributed by atoms with Gasteiger partial charge in [0.15, 0.2) is 5.82 Å². The van der Waals surface area contributed by atoms with Crippen LogP contribution in [-0.4, -0.2) is 42.8 Å². The molecule has 5 nitrogen and oxygen atoms in total. The van der Waals surface area contributed by atoms with E-state index in [9.17, 15) is 0 Å². The minimum atomic E-state index is 0.677. The van der Waals surface area contributed by atoms with E-state index < -0.39 is 0 Å². The molecule has 5 heteroatoms. The van der Waals surface area contributed by atoms with Gasteiger partial charge >= 0.3 is 0 Å². The zero-order chi connectivity index (χ0) is 14.5. The van der Waals surface area contributed by atoms with Crippen LogP contribution in [0.4, 0.5) is 5.82 Å². The maximum atomic E-state index is 5.49. The Morgan fingerprint density at radius 2 is 1.81 bits per heavy atom. The molecule has 2 aromatic rings. The molecule has 1 fully saturated rings. The Morgan fingerprint density at radius 1 is 1.10 bits per heavy atom. The van der Waals surface area contributed by atoms with Crippen LogP contribution in [-0.2, 0) is 0 Å². The summed E-state index contributed by atoms with van der Waals surface area (Å²) in [5.74, 6) is 1.84. The third kappa shape index (κ3) is 3.13. The average molecular weight is 284 g/mol. The van der Waals surface area contributed by atoms with Crippen LogP contribution in [0.5, 0.6) is 5.75 Å². The lowest BCUT2D eigenvalue weighted by atomic mass is 10.1. The zero-order valence-electron chi connectivity index (χ0n) is 12.2. The normalized spacial score (nSPS) is 15.0. The fourth-order valence-electron chi connectivity index (χ4n) is 2.52. The molecule has 0 unspecified atom stereocenters. The predicted molar refractivity (Wildman–Crippen MR) is 83.7 cm³/mol. The third-order valence-corrected chi connectivity index (χ3v) is 3.53. The van der Waals surface area contributed by atoms with E-state index in [0.717, 1.165) is 49.0 Å². The van der Waals surface area contributed by atoms with Crippen molar-refractivity contribution in [3.63, 3.8) is 0 Å². The summed E-state index contributed by atoms with van der Waals surface area (Å²) in [6.07, 6.45) is 3.51. The van der Waals surface area contributed by atoms with Gasteiger partial charge in [-0.1, -0.05) is 0 Å². The highest BCUT2D eigenvalue weighted by atomic mass is 16.5. The number of aromatic nitrogens is 2. The maximum absolute atomic E-state index is 5.49. The van der Waals surface area contributed by atoms with Gasteiger partial charge in [0.1, 0.15) is 11.4 Å². The van der Waals surface area contributed by atoms with Gasteiger partial charge < -0.3 is 15.0 Å². The molecule has 1 aliphatic heterocycles. The first-order valence-corrected chi connectivity index (χ1v) is 7.38. The molecule has 1 aromatic heterocycles. The van der Waals surface area contributed by atoms with E-state index in [2.05, 4.69) is 20.2 Å². The second-order valence-corrected chi connectivity index (χ2v) is 4.92. The highest BCUT2D eigenvalue weighted by molar-refractivity contribution is 5.72. The topological polar surface area (TPSA) is 50.3 Å². The number of ether oxygens (including phenoxy) is 1. The summed E-state index contributed by atoms with van der Waals surface area (Å²) in [5, 5.41) is 3.36. The fraction of sp³-hybridized carbons (Fsp3) is 0.375. The molecular weight excluding hydrogens is 264 g/mol. The van der Waals surface area contributed by atoms with E-state index in [-0.39, 0.29) is 0 Å². The Morgan fingerprint density at radius 3 is 2.52 bits per heavy atom. The second kappa shape index (κ2) is 6.54. The summed E-state index contributed by atoms with van der Waals surface area (Å²) >= 11 is 0. The SMILES string of the molecule is CCOc1ccc(-c2nccnc2N2CCNCC2)cc1. The lowest BCUT2D eigenvalue weighted by Crippen LogP contribution is -2.44. The van der Waals surface area contributed by atoms with Gasteiger partial charge in [-0.3, -0.25) is 4.98 Å². The molecular formula is C16H20N4O. The van der Waals surface area contributed by atoms with Gasteiger partial charge in [0.25, 0.3) is 0 Å². The van der Waals surface area contributed by atoms with Crippen molar-refractivity contribution in [3.8, 4) is 17.0 Å². The van der Waals surface area contributed by atoms with E-state index >= 15 is 0 Å². The Bertz CT molecular complexity index is 579. The number of anilines is 1. The lowest BCUT2D eigenvalue weighted by molar-refractivity contribution is 0.340. The molecule has 1 saturated heterocycles. The average Bonchev–Trinajstić information content (AvgIpc) is 2.57. The van der Waals surface area contributed by atoms with Crippen LogP contribution in [0.2, 0.25) is 0 Å². The molecule has 1 N–H and O–H groups in total. The molecule has 0 radical (unpaired) electrons. The number of hydrogen-bond donors (Lipinski definition) is 1. The molecule has 2 heterocycles. The monoisotopic (exact) mass is 284 g/mol. The number of nitrogens with one attached hydrogen (secondary N) is 1. The van der Waals surface area contributed by atoms with Crippen LogP contribution < -0.4 is 15.0 Å². The van der Waals surface area contributed by atoms with Crippen LogP contribution >= 0.6 is 0 Å².